The third-order valence-electron chi connectivity index (χ3n) is 3.34. The Balaban J connectivity index is 0.000000344. The number of hydrogen-bond acceptors (Lipinski definition) is 2. The molecule has 0 radical (unpaired) electrons. The molecule has 1 rings (SSSR count). The monoisotopic (exact) mass is 267 g/mol. The number of ketones is 1. The van der Waals surface area contributed by atoms with Gasteiger partial charge in [0.2, 0.25) is 5.95 Å². The van der Waals surface area contributed by atoms with E-state index in [1.807, 2.05) is 0 Å². The van der Waals surface area contributed by atoms with Crippen molar-refractivity contribution in [2.75, 3.05) is 0 Å². The lowest BCUT2D eigenvalue weighted by molar-refractivity contribution is 0.101. The van der Waals surface area contributed by atoms with E-state index in [2.05, 4.69) is 39.6 Å². The van der Waals surface area contributed by atoms with Gasteiger partial charge >= 0.3 is 0 Å². The van der Waals surface area contributed by atoms with Crippen LogP contribution in [-0.2, 0) is 0 Å². The molecule has 0 aliphatic heterocycles. The van der Waals surface area contributed by atoms with E-state index in [0.717, 1.165) is 12.0 Å². The quantitative estimate of drug-likeness (QED) is 0.576. The lowest BCUT2D eigenvalue weighted by atomic mass is 9.78. The van der Waals surface area contributed by atoms with Crippen LogP contribution in [0.4, 0.5) is 4.39 Å². The van der Waals surface area contributed by atoms with Gasteiger partial charge in [0, 0.05) is 17.8 Å². The first-order chi connectivity index (χ1) is 8.72. The highest BCUT2D eigenvalue weighted by Gasteiger charge is 2.20. The molecule has 1 aromatic rings. The second kappa shape index (κ2) is 8.03. The zero-order valence-electron chi connectivity index (χ0n) is 13.0. The maximum absolute atomic E-state index is 12.3. The Morgan fingerprint density at radius 3 is 2.05 bits per heavy atom. The number of pyridine rings is 1. The van der Waals surface area contributed by atoms with E-state index in [1.165, 1.54) is 32.0 Å². The summed E-state index contributed by atoms with van der Waals surface area (Å²) in [5, 5.41) is 0. The van der Waals surface area contributed by atoms with Crippen LogP contribution in [-0.4, -0.2) is 10.8 Å². The van der Waals surface area contributed by atoms with E-state index in [1.54, 1.807) is 0 Å². The van der Waals surface area contributed by atoms with Crippen LogP contribution >= 0.6 is 0 Å². The number of halogens is 1. The van der Waals surface area contributed by atoms with Crippen molar-refractivity contribution < 1.29 is 9.18 Å². The van der Waals surface area contributed by atoms with E-state index in [0.29, 0.717) is 11.0 Å². The minimum absolute atomic E-state index is 0.152. The molecule has 0 unspecified atom stereocenters. The van der Waals surface area contributed by atoms with Gasteiger partial charge in [-0.25, -0.2) is 4.98 Å². The van der Waals surface area contributed by atoms with Crippen molar-refractivity contribution in [1.82, 2.24) is 4.98 Å². The average Bonchev–Trinajstić information content (AvgIpc) is 2.29. The van der Waals surface area contributed by atoms with Crippen molar-refractivity contribution in [3.05, 3.63) is 29.8 Å². The van der Waals surface area contributed by atoms with Crippen LogP contribution in [0.5, 0.6) is 0 Å². The number of Topliss-reactive ketones (excluding diaryl/α,β-unsaturated/α-hetero) is 1. The maximum atomic E-state index is 12.3. The van der Waals surface area contributed by atoms with Gasteiger partial charge in [0.25, 0.3) is 0 Å². The molecule has 108 valence electrons. The highest BCUT2D eigenvalue weighted by atomic mass is 19.1. The van der Waals surface area contributed by atoms with Gasteiger partial charge in [-0.2, -0.15) is 4.39 Å². The second-order valence-electron chi connectivity index (χ2n) is 5.80. The van der Waals surface area contributed by atoms with Crippen molar-refractivity contribution in [3.8, 4) is 0 Å². The third kappa shape index (κ3) is 7.04. The minimum atomic E-state index is -0.618. The van der Waals surface area contributed by atoms with Crippen LogP contribution in [0.3, 0.4) is 0 Å². The SMILES string of the molecule is CC(=O)c1ccnc(F)c1.CCC(CC)C(C)(C)C. The second-order valence-corrected chi connectivity index (χ2v) is 5.80. The van der Waals surface area contributed by atoms with Crippen LogP contribution in [0.2, 0.25) is 0 Å². The van der Waals surface area contributed by atoms with E-state index >= 15 is 0 Å². The molecule has 0 amide bonds. The van der Waals surface area contributed by atoms with E-state index in [4.69, 9.17) is 0 Å². The molecule has 0 saturated heterocycles. The van der Waals surface area contributed by atoms with Crippen LogP contribution in [0.15, 0.2) is 18.3 Å². The van der Waals surface area contributed by atoms with Crippen molar-refractivity contribution in [3.63, 3.8) is 0 Å². The molecule has 0 aliphatic rings. The molecule has 0 spiro atoms. The van der Waals surface area contributed by atoms with E-state index < -0.39 is 5.95 Å². The van der Waals surface area contributed by atoms with Crippen molar-refractivity contribution in [2.45, 2.75) is 54.4 Å². The molecule has 1 aromatic heterocycles. The largest absolute Gasteiger partial charge is 0.295 e. The predicted molar refractivity (Wildman–Crippen MR) is 77.7 cm³/mol. The maximum Gasteiger partial charge on any atom is 0.213 e. The molecule has 0 aromatic carbocycles. The first-order valence-electron chi connectivity index (χ1n) is 6.84. The Kier molecular flexibility index (Phi) is 7.50. The topological polar surface area (TPSA) is 30.0 Å². The summed E-state index contributed by atoms with van der Waals surface area (Å²) in [7, 11) is 0. The number of hydrogen-bond donors (Lipinski definition) is 0. The molecule has 0 fully saturated rings. The van der Waals surface area contributed by atoms with Crippen LogP contribution in [0.25, 0.3) is 0 Å². The minimum Gasteiger partial charge on any atom is -0.295 e. The molecule has 1 heterocycles. The van der Waals surface area contributed by atoms with E-state index in [9.17, 15) is 9.18 Å². The number of nitrogens with zero attached hydrogens (tertiary/aromatic N) is 1. The van der Waals surface area contributed by atoms with Gasteiger partial charge in [-0.3, -0.25) is 4.79 Å². The van der Waals surface area contributed by atoms with Crippen LogP contribution < -0.4 is 0 Å². The Morgan fingerprint density at radius 1 is 1.32 bits per heavy atom. The normalized spacial score (nSPS) is 10.9. The third-order valence-corrected chi connectivity index (χ3v) is 3.34. The van der Waals surface area contributed by atoms with Gasteiger partial charge in [-0.15, -0.1) is 0 Å². The van der Waals surface area contributed by atoms with Gasteiger partial charge in [-0.1, -0.05) is 47.5 Å². The highest BCUT2D eigenvalue weighted by Crippen LogP contribution is 2.30. The number of carbonyl (C=O) groups is 1. The summed E-state index contributed by atoms with van der Waals surface area (Å²) in [4.78, 5) is 13.9. The zero-order valence-corrected chi connectivity index (χ0v) is 13.0. The predicted octanol–water partition coefficient (Wildman–Crippen LogP) is 4.89. The summed E-state index contributed by atoms with van der Waals surface area (Å²) in [5.41, 5.74) is 0.872. The lowest BCUT2D eigenvalue weighted by Gasteiger charge is -2.28. The molecule has 3 heteroatoms. The number of rotatable bonds is 3. The standard InChI is InChI=1S/C9H20.C7H6FNO/c1-6-8(7-2)9(3,4)5;1-5(10)6-2-3-9-7(8)4-6/h8H,6-7H2,1-5H3;2-4H,1H3. The fourth-order valence-corrected chi connectivity index (χ4v) is 2.13. The molecule has 2 nitrogen and oxygen atoms in total. The Bertz CT molecular complexity index is 392. The molecule has 0 bridgehead atoms. The van der Waals surface area contributed by atoms with E-state index in [-0.39, 0.29) is 5.78 Å². The Hall–Kier alpha value is -1.25. The highest BCUT2D eigenvalue weighted by molar-refractivity contribution is 5.93. The first kappa shape index (κ1) is 17.8. The number of aromatic nitrogens is 1. The molecular weight excluding hydrogens is 241 g/mol. The van der Waals surface area contributed by atoms with Gasteiger partial charge in [-0.05, 0) is 24.3 Å². The molecular formula is C16H26FNO. The molecule has 0 aliphatic carbocycles. The van der Waals surface area contributed by atoms with Crippen molar-refractivity contribution in [2.24, 2.45) is 11.3 Å². The van der Waals surface area contributed by atoms with Crippen molar-refractivity contribution in [1.29, 1.82) is 0 Å². The lowest BCUT2D eigenvalue weighted by Crippen LogP contribution is -2.18. The van der Waals surface area contributed by atoms with Gasteiger partial charge < -0.3 is 0 Å². The smallest absolute Gasteiger partial charge is 0.213 e. The van der Waals surface area contributed by atoms with Crippen LogP contribution in [0.1, 0.15) is 64.7 Å². The summed E-state index contributed by atoms with van der Waals surface area (Å²) in [5.74, 6) is 0.131. The van der Waals surface area contributed by atoms with Crippen LogP contribution in [0, 0.1) is 17.3 Å². The van der Waals surface area contributed by atoms with Gasteiger partial charge in [0.05, 0.1) is 0 Å². The van der Waals surface area contributed by atoms with Gasteiger partial charge in [0.15, 0.2) is 5.78 Å². The van der Waals surface area contributed by atoms with Crippen molar-refractivity contribution >= 4 is 5.78 Å². The number of carbonyl (C=O) groups excluding carboxylic acids is 1. The molecule has 0 atom stereocenters. The Morgan fingerprint density at radius 2 is 1.84 bits per heavy atom. The summed E-state index contributed by atoms with van der Waals surface area (Å²) >= 11 is 0. The summed E-state index contributed by atoms with van der Waals surface area (Å²) in [6.07, 6.45) is 3.91. The zero-order chi connectivity index (χ0) is 15.1. The molecule has 0 saturated carbocycles. The summed E-state index contributed by atoms with van der Waals surface area (Å²) < 4.78 is 12.3. The fourth-order valence-electron chi connectivity index (χ4n) is 2.13. The van der Waals surface area contributed by atoms with Gasteiger partial charge in [0.1, 0.15) is 0 Å². The fraction of sp³-hybridized carbons (Fsp3) is 0.625. The molecule has 19 heavy (non-hydrogen) atoms. The summed E-state index contributed by atoms with van der Waals surface area (Å²) in [6.45, 7) is 12.9. The summed E-state index contributed by atoms with van der Waals surface area (Å²) in [6, 6.07) is 2.59. The first-order valence-corrected chi connectivity index (χ1v) is 6.84. The average molecular weight is 267 g/mol. The Labute approximate surface area is 116 Å². The molecule has 0 N–H and O–H groups in total.